The minimum atomic E-state index is 0.280. The molecule has 1 amide bonds. The van der Waals surface area contributed by atoms with Gasteiger partial charge in [0.1, 0.15) is 5.82 Å². The number of aromatic nitrogens is 3. The number of carbonyl (C=O) groups is 1. The van der Waals surface area contributed by atoms with E-state index in [-0.39, 0.29) is 5.91 Å². The van der Waals surface area contributed by atoms with Crippen molar-refractivity contribution in [1.29, 1.82) is 0 Å². The number of aryl methyl sites for hydroxylation is 1. The predicted octanol–water partition coefficient (Wildman–Crippen LogP) is 2.01. The molecule has 0 radical (unpaired) electrons. The average molecular weight is 288 g/mol. The number of hydrogen-bond acceptors (Lipinski definition) is 3. The van der Waals surface area contributed by atoms with E-state index in [0.29, 0.717) is 12.5 Å². The molecule has 0 spiro atoms. The molecule has 1 aromatic heterocycles. The minimum absolute atomic E-state index is 0.280. The third-order valence-corrected chi connectivity index (χ3v) is 5.81. The fraction of sp³-hybridized carbons (Fsp3) is 0.812. The van der Waals surface area contributed by atoms with Crippen molar-refractivity contribution in [3.63, 3.8) is 0 Å². The Labute approximate surface area is 125 Å². The monoisotopic (exact) mass is 288 g/mol. The quantitative estimate of drug-likeness (QED) is 0.851. The number of carbonyl (C=O) groups excluding carboxylic acids is 1. The Hall–Kier alpha value is -1.39. The molecule has 2 bridgehead atoms. The zero-order chi connectivity index (χ0) is 14.4. The molecule has 0 aromatic carbocycles. The highest BCUT2D eigenvalue weighted by molar-refractivity contribution is 5.76. The zero-order valence-corrected chi connectivity index (χ0v) is 12.8. The summed E-state index contributed by atoms with van der Waals surface area (Å²) in [6.07, 6.45) is 8.32. The second-order valence-electron chi connectivity index (χ2n) is 7.18. The highest BCUT2D eigenvalue weighted by Gasteiger charge is 2.40. The Morgan fingerprint density at radius 3 is 3.00 bits per heavy atom. The molecule has 3 aliphatic rings. The molecule has 4 rings (SSSR count). The lowest BCUT2D eigenvalue weighted by Gasteiger charge is -2.24. The van der Waals surface area contributed by atoms with Crippen molar-refractivity contribution in [3.8, 4) is 0 Å². The summed E-state index contributed by atoms with van der Waals surface area (Å²) in [6, 6.07) is 0. The van der Waals surface area contributed by atoms with Gasteiger partial charge < -0.3 is 9.47 Å². The van der Waals surface area contributed by atoms with Crippen molar-refractivity contribution in [3.05, 3.63) is 11.6 Å². The lowest BCUT2D eigenvalue weighted by Crippen LogP contribution is -2.30. The van der Waals surface area contributed by atoms with Gasteiger partial charge in [-0.3, -0.25) is 4.79 Å². The number of fused-ring (bicyclic) bond motifs is 3. The first kappa shape index (κ1) is 13.3. The molecule has 21 heavy (non-hydrogen) atoms. The summed E-state index contributed by atoms with van der Waals surface area (Å²) in [4.78, 5) is 14.3. The second-order valence-corrected chi connectivity index (χ2v) is 7.18. The third kappa shape index (κ3) is 2.36. The van der Waals surface area contributed by atoms with Crippen LogP contribution in [-0.2, 0) is 24.3 Å². The highest BCUT2D eigenvalue weighted by Crippen LogP contribution is 2.49. The summed E-state index contributed by atoms with van der Waals surface area (Å²) < 4.78 is 2.18. The Bertz CT molecular complexity index is 552. The summed E-state index contributed by atoms with van der Waals surface area (Å²) in [7, 11) is 1.91. The van der Waals surface area contributed by atoms with E-state index in [9.17, 15) is 4.79 Å². The molecule has 2 heterocycles. The Kier molecular flexibility index (Phi) is 3.23. The molecule has 2 fully saturated rings. The minimum Gasteiger partial charge on any atom is -0.338 e. The lowest BCUT2D eigenvalue weighted by atomic mass is 9.86. The van der Waals surface area contributed by atoms with Crippen LogP contribution in [0.25, 0.3) is 0 Å². The van der Waals surface area contributed by atoms with E-state index in [4.69, 9.17) is 0 Å². The first-order chi connectivity index (χ1) is 10.2. The van der Waals surface area contributed by atoms with Crippen molar-refractivity contribution in [2.24, 2.45) is 17.8 Å². The molecule has 5 nitrogen and oxygen atoms in total. The van der Waals surface area contributed by atoms with Crippen molar-refractivity contribution >= 4 is 5.91 Å². The van der Waals surface area contributed by atoms with Crippen LogP contribution in [0, 0.1) is 17.8 Å². The maximum absolute atomic E-state index is 12.5. The van der Waals surface area contributed by atoms with Crippen LogP contribution in [0.2, 0.25) is 0 Å². The summed E-state index contributed by atoms with van der Waals surface area (Å²) in [5.74, 6) is 4.69. The van der Waals surface area contributed by atoms with Gasteiger partial charge in [-0.1, -0.05) is 6.42 Å². The van der Waals surface area contributed by atoms with Crippen LogP contribution in [0.4, 0.5) is 0 Å². The van der Waals surface area contributed by atoms with Crippen molar-refractivity contribution in [2.75, 3.05) is 7.05 Å². The molecule has 0 N–H and O–H groups in total. The third-order valence-electron chi connectivity index (χ3n) is 5.81. The first-order valence-corrected chi connectivity index (χ1v) is 8.35. The summed E-state index contributed by atoms with van der Waals surface area (Å²) in [6.45, 7) is 1.61. The zero-order valence-electron chi connectivity index (χ0n) is 12.8. The van der Waals surface area contributed by atoms with Crippen LogP contribution in [0.1, 0.15) is 50.2 Å². The van der Waals surface area contributed by atoms with E-state index in [1.807, 2.05) is 11.9 Å². The van der Waals surface area contributed by atoms with E-state index in [2.05, 4.69) is 14.8 Å². The van der Waals surface area contributed by atoms with Gasteiger partial charge in [0.05, 0.1) is 6.54 Å². The summed E-state index contributed by atoms with van der Waals surface area (Å²) in [5.41, 5.74) is 0. The van der Waals surface area contributed by atoms with Crippen molar-refractivity contribution < 1.29 is 4.79 Å². The van der Waals surface area contributed by atoms with Gasteiger partial charge in [0.15, 0.2) is 5.82 Å². The number of hydrogen-bond donors (Lipinski definition) is 0. The fourth-order valence-corrected chi connectivity index (χ4v) is 4.63. The van der Waals surface area contributed by atoms with Gasteiger partial charge in [-0.2, -0.15) is 0 Å². The van der Waals surface area contributed by atoms with Gasteiger partial charge in [0.25, 0.3) is 0 Å². The molecule has 5 heteroatoms. The number of nitrogens with zero attached hydrogens (tertiary/aromatic N) is 4. The van der Waals surface area contributed by atoms with Crippen LogP contribution in [0.5, 0.6) is 0 Å². The van der Waals surface area contributed by atoms with E-state index in [1.165, 1.54) is 25.7 Å². The van der Waals surface area contributed by atoms with Crippen LogP contribution >= 0.6 is 0 Å². The van der Waals surface area contributed by atoms with Gasteiger partial charge in [-0.15, -0.1) is 10.2 Å². The Morgan fingerprint density at radius 1 is 1.33 bits per heavy atom. The first-order valence-electron chi connectivity index (χ1n) is 8.35. The largest absolute Gasteiger partial charge is 0.338 e. The van der Waals surface area contributed by atoms with Crippen molar-refractivity contribution in [1.82, 2.24) is 19.7 Å². The number of amides is 1. The van der Waals surface area contributed by atoms with Crippen LogP contribution in [-0.4, -0.2) is 32.6 Å². The fourth-order valence-electron chi connectivity index (χ4n) is 4.63. The predicted molar refractivity (Wildman–Crippen MR) is 78.4 cm³/mol. The Morgan fingerprint density at radius 2 is 2.24 bits per heavy atom. The van der Waals surface area contributed by atoms with E-state index >= 15 is 0 Å². The number of rotatable bonds is 4. The molecular formula is C16H24N4O. The van der Waals surface area contributed by atoms with Gasteiger partial charge in [-0.25, -0.2) is 0 Å². The van der Waals surface area contributed by atoms with E-state index in [0.717, 1.165) is 49.3 Å². The second kappa shape index (κ2) is 5.11. The van der Waals surface area contributed by atoms with Gasteiger partial charge >= 0.3 is 0 Å². The normalized spacial score (nSPS) is 29.9. The van der Waals surface area contributed by atoms with Gasteiger partial charge in [-0.05, 0) is 43.4 Å². The van der Waals surface area contributed by atoms with Crippen molar-refractivity contribution in [2.45, 2.75) is 58.0 Å². The molecule has 0 unspecified atom stereocenters. The molecular weight excluding hydrogens is 264 g/mol. The lowest BCUT2D eigenvalue weighted by molar-refractivity contribution is -0.132. The van der Waals surface area contributed by atoms with Crippen LogP contribution in [0.3, 0.4) is 0 Å². The van der Waals surface area contributed by atoms with Crippen LogP contribution in [0.15, 0.2) is 0 Å². The topological polar surface area (TPSA) is 51.0 Å². The SMILES string of the molecule is CN(Cc1nnc2n1CCC2)C(=O)C[C@H]1C[C@H]2CC[C@H]1C2. The Balaban J connectivity index is 1.36. The molecule has 2 aliphatic carbocycles. The molecule has 1 aromatic rings. The molecule has 2 saturated carbocycles. The molecule has 0 saturated heterocycles. The molecule has 114 valence electrons. The molecule has 3 atom stereocenters. The smallest absolute Gasteiger partial charge is 0.223 e. The highest BCUT2D eigenvalue weighted by atomic mass is 16.2. The standard InChI is InChI=1S/C16H24N4O/c1-19(10-15-18-17-14-3-2-6-20(14)15)16(21)9-13-8-11-4-5-12(13)7-11/h11-13H,2-10H2,1H3/t11-,12-,13+/m0/s1. The maximum atomic E-state index is 12.5. The summed E-state index contributed by atoms with van der Waals surface area (Å²) >= 11 is 0. The van der Waals surface area contributed by atoms with E-state index < -0.39 is 0 Å². The maximum Gasteiger partial charge on any atom is 0.223 e. The molecule has 1 aliphatic heterocycles. The van der Waals surface area contributed by atoms with Gasteiger partial charge in [0.2, 0.25) is 5.91 Å². The van der Waals surface area contributed by atoms with E-state index in [1.54, 1.807) is 0 Å². The summed E-state index contributed by atoms with van der Waals surface area (Å²) in [5, 5.41) is 8.47. The average Bonchev–Trinajstić information content (AvgIpc) is 3.19. The van der Waals surface area contributed by atoms with Gasteiger partial charge in [0, 0.05) is 26.4 Å². The van der Waals surface area contributed by atoms with Crippen LogP contribution < -0.4 is 0 Å².